The van der Waals surface area contributed by atoms with Crippen LogP contribution >= 0.6 is 23.4 Å². The number of carbonyl (C=O) groups excluding carboxylic acids is 2. The number of amides is 2. The maximum atomic E-state index is 12.0. The lowest BCUT2D eigenvalue weighted by Crippen LogP contribution is -2.34. The van der Waals surface area contributed by atoms with Gasteiger partial charge in [0, 0.05) is 42.6 Å². The van der Waals surface area contributed by atoms with E-state index in [2.05, 4.69) is 5.32 Å². The van der Waals surface area contributed by atoms with Crippen LogP contribution in [-0.4, -0.2) is 42.1 Å². The molecule has 0 bridgehead atoms. The van der Waals surface area contributed by atoms with Crippen LogP contribution in [-0.2, 0) is 15.3 Å². The number of hydrogen-bond donors (Lipinski definition) is 1. The molecule has 0 spiro atoms. The van der Waals surface area contributed by atoms with Crippen molar-refractivity contribution in [2.45, 2.75) is 19.1 Å². The van der Waals surface area contributed by atoms with Crippen molar-refractivity contribution >= 4 is 35.2 Å². The zero-order valence-electron chi connectivity index (χ0n) is 12.7. The van der Waals surface area contributed by atoms with Crippen molar-refractivity contribution in [2.75, 3.05) is 25.4 Å². The number of likely N-dealkylation sites (tertiary alicyclic amines) is 1. The summed E-state index contributed by atoms with van der Waals surface area (Å²) in [5.41, 5.74) is 1.18. The molecule has 6 heteroatoms. The van der Waals surface area contributed by atoms with E-state index in [1.165, 1.54) is 5.56 Å². The molecule has 4 nitrogen and oxygen atoms in total. The number of hydrogen-bond acceptors (Lipinski definition) is 3. The summed E-state index contributed by atoms with van der Waals surface area (Å²) in [6.07, 6.45) is 0.343. The number of benzene rings is 1. The molecule has 1 unspecified atom stereocenters. The molecule has 22 heavy (non-hydrogen) atoms. The van der Waals surface area contributed by atoms with Crippen LogP contribution in [0, 0.1) is 5.92 Å². The van der Waals surface area contributed by atoms with Gasteiger partial charge in [0.2, 0.25) is 11.8 Å². The third-order valence-electron chi connectivity index (χ3n) is 3.67. The third-order valence-corrected chi connectivity index (χ3v) is 4.94. The van der Waals surface area contributed by atoms with E-state index in [1.807, 2.05) is 31.2 Å². The number of nitrogens with one attached hydrogen (secondary N) is 1. The number of carbonyl (C=O) groups is 2. The van der Waals surface area contributed by atoms with Crippen LogP contribution in [0.25, 0.3) is 0 Å². The molecule has 120 valence electrons. The van der Waals surface area contributed by atoms with Crippen molar-refractivity contribution in [1.29, 1.82) is 0 Å². The van der Waals surface area contributed by atoms with E-state index in [4.69, 9.17) is 11.6 Å². The molecule has 0 aromatic heterocycles. The highest BCUT2D eigenvalue weighted by Gasteiger charge is 2.32. The Morgan fingerprint density at radius 1 is 1.50 bits per heavy atom. The van der Waals surface area contributed by atoms with Crippen LogP contribution in [0.1, 0.15) is 18.9 Å². The Bertz CT molecular complexity index is 539. The fourth-order valence-corrected chi connectivity index (χ4v) is 3.48. The molecule has 0 aliphatic carbocycles. The predicted molar refractivity (Wildman–Crippen MR) is 91.0 cm³/mol. The second-order valence-corrected chi connectivity index (χ2v) is 6.85. The molecule has 2 amide bonds. The second-order valence-electron chi connectivity index (χ2n) is 5.31. The maximum Gasteiger partial charge on any atom is 0.225 e. The quantitative estimate of drug-likeness (QED) is 0.776. The van der Waals surface area contributed by atoms with Crippen LogP contribution in [0.3, 0.4) is 0 Å². The van der Waals surface area contributed by atoms with Gasteiger partial charge in [-0.25, -0.2) is 0 Å². The molecule has 1 saturated heterocycles. The number of nitrogens with zero attached hydrogens (tertiary/aromatic N) is 1. The van der Waals surface area contributed by atoms with Crippen molar-refractivity contribution in [2.24, 2.45) is 5.92 Å². The highest BCUT2D eigenvalue weighted by atomic mass is 35.5. The Morgan fingerprint density at radius 2 is 2.32 bits per heavy atom. The minimum absolute atomic E-state index is 0.00680. The van der Waals surface area contributed by atoms with Crippen LogP contribution in [0.5, 0.6) is 0 Å². The zero-order valence-corrected chi connectivity index (χ0v) is 14.3. The third kappa shape index (κ3) is 4.92. The lowest BCUT2D eigenvalue weighted by Gasteiger charge is -2.13. The standard InChI is InChI=1S/C16H21ClN2O2S/c1-2-19-10-13(9-15(19)20)16(21)18-6-7-22-11-12-4-3-5-14(17)8-12/h3-5,8,13H,2,6-7,9-11H2,1H3,(H,18,21). The largest absolute Gasteiger partial charge is 0.355 e. The van der Waals surface area contributed by atoms with Gasteiger partial charge >= 0.3 is 0 Å². The smallest absolute Gasteiger partial charge is 0.225 e. The molecule has 2 rings (SSSR count). The summed E-state index contributed by atoms with van der Waals surface area (Å²) < 4.78 is 0. The van der Waals surface area contributed by atoms with Gasteiger partial charge < -0.3 is 10.2 Å². The van der Waals surface area contributed by atoms with Gasteiger partial charge in [0.05, 0.1) is 5.92 Å². The van der Waals surface area contributed by atoms with E-state index in [0.29, 0.717) is 26.1 Å². The van der Waals surface area contributed by atoms with E-state index in [-0.39, 0.29) is 17.7 Å². The topological polar surface area (TPSA) is 49.4 Å². The minimum atomic E-state index is -0.189. The molecule has 1 aliphatic heterocycles. The van der Waals surface area contributed by atoms with Gasteiger partial charge in [-0.1, -0.05) is 23.7 Å². The van der Waals surface area contributed by atoms with Gasteiger partial charge in [-0.05, 0) is 24.6 Å². The molecule has 1 aromatic rings. The molecule has 1 fully saturated rings. The zero-order chi connectivity index (χ0) is 15.9. The molecule has 0 saturated carbocycles. The van der Waals surface area contributed by atoms with Crippen molar-refractivity contribution < 1.29 is 9.59 Å². The van der Waals surface area contributed by atoms with Crippen molar-refractivity contribution in [3.05, 3.63) is 34.9 Å². The fraction of sp³-hybridized carbons (Fsp3) is 0.500. The van der Waals surface area contributed by atoms with Crippen LogP contribution in [0.4, 0.5) is 0 Å². The first kappa shape index (κ1) is 17.2. The van der Waals surface area contributed by atoms with Crippen LogP contribution < -0.4 is 5.32 Å². The summed E-state index contributed by atoms with van der Waals surface area (Å²) in [6, 6.07) is 7.80. The average molecular weight is 341 g/mol. The molecular weight excluding hydrogens is 320 g/mol. The first-order valence-electron chi connectivity index (χ1n) is 7.47. The second kappa shape index (κ2) is 8.44. The Kier molecular flexibility index (Phi) is 6.58. The summed E-state index contributed by atoms with van der Waals surface area (Å²) in [4.78, 5) is 25.4. The number of thioether (sulfide) groups is 1. The summed E-state index contributed by atoms with van der Waals surface area (Å²) >= 11 is 7.69. The molecule has 1 atom stereocenters. The van der Waals surface area contributed by atoms with Gasteiger partial charge in [-0.2, -0.15) is 11.8 Å². The highest BCUT2D eigenvalue weighted by molar-refractivity contribution is 7.98. The Balaban J connectivity index is 1.62. The molecule has 1 aromatic carbocycles. The van der Waals surface area contributed by atoms with E-state index < -0.39 is 0 Å². The van der Waals surface area contributed by atoms with Gasteiger partial charge in [0.25, 0.3) is 0 Å². The van der Waals surface area contributed by atoms with Crippen molar-refractivity contribution in [3.8, 4) is 0 Å². The number of rotatable bonds is 7. The Labute approximate surface area is 140 Å². The van der Waals surface area contributed by atoms with E-state index in [9.17, 15) is 9.59 Å². The highest BCUT2D eigenvalue weighted by Crippen LogP contribution is 2.18. The van der Waals surface area contributed by atoms with E-state index >= 15 is 0 Å². The van der Waals surface area contributed by atoms with Crippen LogP contribution in [0.2, 0.25) is 5.02 Å². The normalized spacial score (nSPS) is 17.8. The number of halogens is 1. The van der Waals surface area contributed by atoms with Gasteiger partial charge in [0.15, 0.2) is 0 Å². The summed E-state index contributed by atoms with van der Waals surface area (Å²) in [7, 11) is 0. The average Bonchev–Trinajstić information content (AvgIpc) is 2.88. The van der Waals surface area contributed by atoms with Crippen molar-refractivity contribution in [3.63, 3.8) is 0 Å². The van der Waals surface area contributed by atoms with E-state index in [1.54, 1.807) is 16.7 Å². The van der Waals surface area contributed by atoms with Crippen molar-refractivity contribution in [1.82, 2.24) is 10.2 Å². The first-order chi connectivity index (χ1) is 10.6. The molecule has 1 aliphatic rings. The Morgan fingerprint density at radius 3 is 3.00 bits per heavy atom. The summed E-state index contributed by atoms with van der Waals surface area (Å²) in [6.45, 7) is 3.79. The predicted octanol–water partition coefficient (Wildman–Crippen LogP) is 2.56. The molecule has 0 radical (unpaired) electrons. The molecular formula is C16H21ClN2O2S. The SMILES string of the molecule is CCN1CC(C(=O)NCCSCc2cccc(Cl)c2)CC1=O. The fourth-order valence-electron chi connectivity index (χ4n) is 2.46. The van der Waals surface area contributed by atoms with Gasteiger partial charge in [-0.15, -0.1) is 0 Å². The maximum absolute atomic E-state index is 12.0. The van der Waals surface area contributed by atoms with E-state index in [0.717, 1.165) is 16.5 Å². The lowest BCUT2D eigenvalue weighted by molar-refractivity contribution is -0.128. The first-order valence-corrected chi connectivity index (χ1v) is 9.01. The molecule has 1 heterocycles. The monoisotopic (exact) mass is 340 g/mol. The summed E-state index contributed by atoms with van der Waals surface area (Å²) in [5, 5.41) is 3.67. The van der Waals surface area contributed by atoms with Crippen LogP contribution in [0.15, 0.2) is 24.3 Å². The molecule has 1 N–H and O–H groups in total. The van der Waals surface area contributed by atoms with Gasteiger partial charge in [0.1, 0.15) is 0 Å². The Hall–Kier alpha value is -1.20. The summed E-state index contributed by atoms with van der Waals surface area (Å²) in [5.74, 6) is 1.61. The van der Waals surface area contributed by atoms with Gasteiger partial charge in [-0.3, -0.25) is 9.59 Å². The minimum Gasteiger partial charge on any atom is -0.355 e. The lowest BCUT2D eigenvalue weighted by atomic mass is 10.1.